The Morgan fingerprint density at radius 1 is 0.559 bits per heavy atom. The predicted octanol–water partition coefficient (Wildman–Crippen LogP) is 3.46. The van der Waals surface area contributed by atoms with Crippen molar-refractivity contribution in [1.29, 1.82) is 0 Å². The Morgan fingerprint density at radius 3 is 1.59 bits per heavy atom. The van der Waals surface area contributed by atoms with Gasteiger partial charge in [0.25, 0.3) is 0 Å². The van der Waals surface area contributed by atoms with Gasteiger partial charge in [-0.15, -0.1) is 0 Å². The van der Waals surface area contributed by atoms with E-state index < -0.39 is 95.5 Å². The lowest BCUT2D eigenvalue weighted by Gasteiger charge is -2.36. The molecule has 1 heterocycles. The standard InChI is InChI=1S/C45H67N7O7/c1-13-29(8)37-41(55)47-35(27(4)5)40(54)48-36(28(6)7)45(59)52(12)38(32-22-18-15-19-23-32)42(56)46-33(24-26(2)3)44(58)50(10)30(9)43(57)51(11)34(39(53)49-37)25-31-20-16-14-17-21-31/h14-23,26-30,33-38H,13,24-25H2,1-12H3,(H,46,56)(H,47,55)(H,48,54)(H,49,53)/t29-,30-,33-,34+,35+,36-,37+,38-/m0/s1. The molecular weight excluding hydrogens is 751 g/mol. The van der Waals surface area contributed by atoms with E-state index in [9.17, 15) is 33.6 Å². The smallest absolute Gasteiger partial charge is 0.248 e. The number of carbonyl (C=O) groups excluding carboxylic acids is 7. The summed E-state index contributed by atoms with van der Waals surface area (Å²) in [6, 6.07) is 10.1. The lowest BCUT2D eigenvalue weighted by Crippen LogP contribution is -2.62. The fourth-order valence-corrected chi connectivity index (χ4v) is 7.26. The van der Waals surface area contributed by atoms with Crippen molar-refractivity contribution < 1.29 is 33.6 Å². The first-order valence-corrected chi connectivity index (χ1v) is 20.8. The molecule has 0 aromatic heterocycles. The third kappa shape index (κ3) is 12.4. The van der Waals surface area contributed by atoms with Gasteiger partial charge in [0, 0.05) is 27.6 Å². The molecule has 2 aromatic rings. The van der Waals surface area contributed by atoms with Crippen LogP contribution in [0.3, 0.4) is 0 Å². The van der Waals surface area contributed by atoms with Gasteiger partial charge in [-0.3, -0.25) is 33.6 Å². The third-order valence-corrected chi connectivity index (χ3v) is 11.4. The molecule has 0 bridgehead atoms. The molecule has 7 amide bonds. The van der Waals surface area contributed by atoms with Crippen LogP contribution in [0.2, 0.25) is 0 Å². The average molecular weight is 818 g/mol. The number of carbonyl (C=O) groups is 7. The zero-order valence-corrected chi connectivity index (χ0v) is 36.9. The minimum Gasteiger partial charge on any atom is -0.342 e. The molecule has 0 radical (unpaired) electrons. The van der Waals surface area contributed by atoms with Gasteiger partial charge in [0.15, 0.2) is 0 Å². The molecule has 1 aliphatic rings. The van der Waals surface area contributed by atoms with Gasteiger partial charge in [-0.05, 0) is 48.1 Å². The number of benzene rings is 2. The summed E-state index contributed by atoms with van der Waals surface area (Å²) >= 11 is 0. The molecule has 1 saturated heterocycles. The Bertz CT molecular complexity index is 1770. The molecule has 59 heavy (non-hydrogen) atoms. The Morgan fingerprint density at radius 2 is 1.07 bits per heavy atom. The van der Waals surface area contributed by atoms with Gasteiger partial charge in [-0.25, -0.2) is 0 Å². The van der Waals surface area contributed by atoms with Crippen molar-refractivity contribution in [2.24, 2.45) is 23.7 Å². The van der Waals surface area contributed by atoms with E-state index in [4.69, 9.17) is 0 Å². The van der Waals surface area contributed by atoms with E-state index >= 15 is 0 Å². The normalized spacial score (nSPS) is 25.7. The summed E-state index contributed by atoms with van der Waals surface area (Å²) in [5.74, 6) is -5.35. The predicted molar refractivity (Wildman–Crippen MR) is 227 cm³/mol. The molecule has 1 aliphatic heterocycles. The van der Waals surface area contributed by atoms with Gasteiger partial charge in [0.1, 0.15) is 42.3 Å². The molecule has 14 heteroatoms. The number of amides is 7. The molecule has 324 valence electrons. The lowest BCUT2D eigenvalue weighted by molar-refractivity contribution is -0.149. The Labute approximate surface area is 350 Å². The van der Waals surface area contributed by atoms with Crippen LogP contribution < -0.4 is 21.3 Å². The summed E-state index contributed by atoms with van der Waals surface area (Å²) in [4.78, 5) is 104. The van der Waals surface area contributed by atoms with Crippen LogP contribution in [0.25, 0.3) is 0 Å². The monoisotopic (exact) mass is 818 g/mol. The molecule has 0 unspecified atom stereocenters. The Balaban J connectivity index is 2.25. The zero-order chi connectivity index (χ0) is 44.3. The second-order valence-electron chi connectivity index (χ2n) is 17.1. The van der Waals surface area contributed by atoms with Crippen LogP contribution in [-0.2, 0) is 40.0 Å². The second-order valence-corrected chi connectivity index (χ2v) is 17.1. The quantitative estimate of drug-likeness (QED) is 0.300. The third-order valence-electron chi connectivity index (χ3n) is 11.4. The van der Waals surface area contributed by atoms with Crippen LogP contribution in [0.15, 0.2) is 60.7 Å². The van der Waals surface area contributed by atoms with Gasteiger partial charge in [-0.2, -0.15) is 0 Å². The minimum absolute atomic E-state index is 0.0569. The first kappa shape index (κ1) is 48.1. The maximum absolute atomic E-state index is 14.5. The van der Waals surface area contributed by atoms with E-state index in [1.54, 1.807) is 65.0 Å². The van der Waals surface area contributed by atoms with Crippen LogP contribution >= 0.6 is 0 Å². The van der Waals surface area contributed by atoms with Gasteiger partial charge < -0.3 is 36.0 Å². The van der Waals surface area contributed by atoms with Crippen molar-refractivity contribution in [3.8, 4) is 0 Å². The molecule has 0 spiro atoms. The zero-order valence-electron chi connectivity index (χ0n) is 36.9. The van der Waals surface area contributed by atoms with Crippen LogP contribution in [-0.4, -0.2) is 113 Å². The van der Waals surface area contributed by atoms with Crippen molar-refractivity contribution >= 4 is 41.4 Å². The average Bonchev–Trinajstić information content (AvgIpc) is 3.20. The van der Waals surface area contributed by atoms with Gasteiger partial charge in [0.2, 0.25) is 41.4 Å². The van der Waals surface area contributed by atoms with E-state index in [-0.39, 0.29) is 24.7 Å². The SMILES string of the molecule is CC[C@H](C)[C@H]1NC(=O)[C@@H](Cc2ccccc2)N(C)C(=O)[C@H](C)N(C)C(=O)[C@H](CC(C)C)NC(=O)[C@H](c2ccccc2)N(C)C(=O)[C@H](C(C)C)NC(=O)[C@@H](C(C)C)NC1=O. The number of likely N-dealkylation sites (N-methyl/N-ethyl adjacent to an activating group) is 3. The molecule has 4 N–H and O–H groups in total. The topological polar surface area (TPSA) is 177 Å². The highest BCUT2D eigenvalue weighted by molar-refractivity contribution is 5.99. The van der Waals surface area contributed by atoms with E-state index in [2.05, 4.69) is 21.3 Å². The summed E-state index contributed by atoms with van der Waals surface area (Å²) in [6.45, 7) is 16.1. The van der Waals surface area contributed by atoms with Crippen molar-refractivity contribution in [3.05, 3.63) is 71.8 Å². The molecule has 3 rings (SSSR count). The van der Waals surface area contributed by atoms with Gasteiger partial charge in [0.05, 0.1) is 0 Å². The molecule has 2 aromatic carbocycles. The van der Waals surface area contributed by atoms with Crippen LogP contribution in [0.1, 0.15) is 92.3 Å². The molecule has 0 aliphatic carbocycles. The highest BCUT2D eigenvalue weighted by Gasteiger charge is 2.41. The van der Waals surface area contributed by atoms with E-state index in [1.807, 2.05) is 58.0 Å². The fourth-order valence-electron chi connectivity index (χ4n) is 7.26. The van der Waals surface area contributed by atoms with Crippen molar-refractivity contribution in [2.45, 2.75) is 124 Å². The Kier molecular flexibility index (Phi) is 17.7. The van der Waals surface area contributed by atoms with E-state index in [0.29, 0.717) is 12.0 Å². The lowest BCUT2D eigenvalue weighted by atomic mass is 9.95. The number of rotatable bonds is 9. The number of nitrogens with one attached hydrogen (secondary N) is 4. The number of hydrogen-bond donors (Lipinski definition) is 4. The second kappa shape index (κ2) is 21.7. The summed E-state index contributed by atoms with van der Waals surface area (Å²) < 4.78 is 0. The summed E-state index contributed by atoms with van der Waals surface area (Å²) in [5.41, 5.74) is 1.25. The van der Waals surface area contributed by atoms with Crippen molar-refractivity contribution in [3.63, 3.8) is 0 Å². The highest BCUT2D eigenvalue weighted by Crippen LogP contribution is 2.24. The van der Waals surface area contributed by atoms with Crippen molar-refractivity contribution in [2.75, 3.05) is 21.1 Å². The molecule has 0 saturated carbocycles. The first-order chi connectivity index (χ1) is 27.7. The first-order valence-electron chi connectivity index (χ1n) is 20.8. The summed E-state index contributed by atoms with van der Waals surface area (Å²) in [6.07, 6.45) is 0.835. The Hall–Kier alpha value is -5.27. The molecule has 14 nitrogen and oxygen atoms in total. The van der Waals surface area contributed by atoms with Crippen LogP contribution in [0.4, 0.5) is 0 Å². The molecular formula is C45H67N7O7. The van der Waals surface area contributed by atoms with Crippen molar-refractivity contribution in [1.82, 2.24) is 36.0 Å². The summed E-state index contributed by atoms with van der Waals surface area (Å²) in [5, 5.41) is 11.5. The molecule has 1 fully saturated rings. The minimum atomic E-state index is -1.21. The summed E-state index contributed by atoms with van der Waals surface area (Å²) in [7, 11) is 4.45. The van der Waals surface area contributed by atoms with Crippen LogP contribution in [0, 0.1) is 23.7 Å². The fraction of sp³-hybridized carbons (Fsp3) is 0.578. The number of hydrogen-bond acceptors (Lipinski definition) is 7. The maximum Gasteiger partial charge on any atom is 0.248 e. The van der Waals surface area contributed by atoms with E-state index in [1.165, 1.54) is 35.8 Å². The van der Waals surface area contributed by atoms with E-state index in [0.717, 1.165) is 5.56 Å². The van der Waals surface area contributed by atoms with Gasteiger partial charge >= 0.3 is 0 Å². The largest absolute Gasteiger partial charge is 0.342 e. The van der Waals surface area contributed by atoms with Gasteiger partial charge in [-0.1, -0.05) is 122 Å². The number of nitrogens with zero attached hydrogens (tertiary/aromatic N) is 3. The van der Waals surface area contributed by atoms with Crippen LogP contribution in [0.5, 0.6) is 0 Å². The molecule has 8 atom stereocenters. The maximum atomic E-state index is 14.5. The highest BCUT2D eigenvalue weighted by atomic mass is 16.2.